The largest absolute Gasteiger partial charge is 0.359 e. The monoisotopic (exact) mass is 360 g/mol. The smallest absolute Gasteiger partial charge is 0.319 e. The Morgan fingerprint density at radius 3 is 2.42 bits per heavy atom. The van der Waals surface area contributed by atoms with Gasteiger partial charge in [-0.1, -0.05) is 18.2 Å². The highest BCUT2D eigenvalue weighted by Gasteiger charge is 2.28. The average molecular weight is 360 g/mol. The molecule has 0 atom stereocenters. The van der Waals surface area contributed by atoms with Gasteiger partial charge in [0.15, 0.2) is 0 Å². The van der Waals surface area contributed by atoms with Crippen molar-refractivity contribution < 1.29 is 14.4 Å². The summed E-state index contributed by atoms with van der Waals surface area (Å²) in [5.41, 5.74) is 1.71. The first-order chi connectivity index (χ1) is 12.4. The van der Waals surface area contributed by atoms with E-state index in [-0.39, 0.29) is 23.8 Å². The van der Waals surface area contributed by atoms with Crippen LogP contribution in [0.25, 0.3) is 0 Å². The van der Waals surface area contributed by atoms with Gasteiger partial charge in [0.25, 0.3) is 0 Å². The van der Waals surface area contributed by atoms with Gasteiger partial charge in [-0.3, -0.25) is 9.59 Å². The Kier molecular flexibility index (Phi) is 7.00. The molecular weight excluding hydrogens is 332 g/mol. The molecule has 7 heteroatoms. The first-order valence-electron chi connectivity index (χ1n) is 8.98. The van der Waals surface area contributed by atoms with E-state index in [2.05, 4.69) is 10.6 Å². The summed E-state index contributed by atoms with van der Waals surface area (Å²) in [7, 11) is 5.08. The third-order valence-electron chi connectivity index (χ3n) is 4.69. The predicted octanol–water partition coefficient (Wildman–Crippen LogP) is 1.70. The summed E-state index contributed by atoms with van der Waals surface area (Å²) < 4.78 is 0. The van der Waals surface area contributed by atoms with Gasteiger partial charge < -0.3 is 20.4 Å². The molecule has 1 heterocycles. The normalized spacial score (nSPS) is 14.7. The van der Waals surface area contributed by atoms with E-state index in [1.165, 1.54) is 0 Å². The maximum absolute atomic E-state index is 12.6. The maximum atomic E-state index is 12.6. The van der Waals surface area contributed by atoms with Crippen LogP contribution < -0.4 is 10.6 Å². The number of amides is 4. The number of benzene rings is 1. The fourth-order valence-electron chi connectivity index (χ4n) is 3.08. The summed E-state index contributed by atoms with van der Waals surface area (Å²) >= 11 is 0. The topological polar surface area (TPSA) is 81.8 Å². The van der Waals surface area contributed by atoms with Crippen LogP contribution >= 0.6 is 0 Å². The molecule has 142 valence electrons. The van der Waals surface area contributed by atoms with E-state index in [9.17, 15) is 14.4 Å². The highest BCUT2D eigenvalue weighted by Crippen LogP contribution is 2.22. The van der Waals surface area contributed by atoms with Crippen molar-refractivity contribution in [1.82, 2.24) is 15.1 Å². The van der Waals surface area contributed by atoms with Gasteiger partial charge in [0.05, 0.1) is 0 Å². The first-order valence-corrected chi connectivity index (χ1v) is 8.98. The van der Waals surface area contributed by atoms with Crippen LogP contribution in [-0.2, 0) is 16.0 Å². The standard InChI is InChI=1S/C19H28N4O3/c1-20-17(24)9-8-14-6-4-5-7-16(14)21-18(25)15-10-12-23(13-11-15)19(26)22(2)3/h4-7,15H,8-13H2,1-3H3,(H,20,24)(H,21,25). The van der Waals surface area contributed by atoms with Crippen molar-refractivity contribution >= 4 is 23.5 Å². The molecular formula is C19H28N4O3. The second-order valence-corrected chi connectivity index (χ2v) is 6.76. The third kappa shape index (κ3) is 5.21. The van der Waals surface area contributed by atoms with Crippen LogP contribution in [0.15, 0.2) is 24.3 Å². The number of likely N-dealkylation sites (tertiary alicyclic amines) is 1. The summed E-state index contributed by atoms with van der Waals surface area (Å²) in [4.78, 5) is 39.4. The lowest BCUT2D eigenvalue weighted by Gasteiger charge is -2.33. The van der Waals surface area contributed by atoms with E-state index < -0.39 is 0 Å². The van der Waals surface area contributed by atoms with Crippen molar-refractivity contribution in [3.63, 3.8) is 0 Å². The minimum absolute atomic E-state index is 0.0107. The number of hydrogen-bond donors (Lipinski definition) is 2. The Bertz CT molecular complexity index is 652. The molecule has 0 bridgehead atoms. The van der Waals surface area contributed by atoms with Crippen LogP contribution in [-0.4, -0.2) is 61.9 Å². The van der Waals surface area contributed by atoms with E-state index >= 15 is 0 Å². The molecule has 2 N–H and O–H groups in total. The Morgan fingerprint density at radius 2 is 1.81 bits per heavy atom. The number of rotatable bonds is 5. The van der Waals surface area contributed by atoms with Gasteiger partial charge >= 0.3 is 6.03 Å². The maximum Gasteiger partial charge on any atom is 0.319 e. The van der Waals surface area contributed by atoms with Gasteiger partial charge in [-0.2, -0.15) is 0 Å². The fourth-order valence-corrected chi connectivity index (χ4v) is 3.08. The van der Waals surface area contributed by atoms with Gasteiger partial charge in [-0.15, -0.1) is 0 Å². The number of carbonyl (C=O) groups is 3. The highest BCUT2D eigenvalue weighted by atomic mass is 16.2. The van der Waals surface area contributed by atoms with Crippen molar-refractivity contribution in [3.05, 3.63) is 29.8 Å². The molecule has 1 saturated heterocycles. The number of nitrogens with one attached hydrogen (secondary N) is 2. The summed E-state index contributed by atoms with van der Waals surface area (Å²) in [6.45, 7) is 1.18. The van der Waals surface area contributed by atoms with E-state index in [1.54, 1.807) is 30.9 Å². The SMILES string of the molecule is CNC(=O)CCc1ccccc1NC(=O)C1CCN(C(=O)N(C)C)CC1. The molecule has 1 aromatic carbocycles. The van der Waals surface area contributed by atoms with Gasteiger partial charge in [-0.05, 0) is 30.9 Å². The number of hydrogen-bond acceptors (Lipinski definition) is 3. The minimum Gasteiger partial charge on any atom is -0.359 e. The number of aryl methyl sites for hydroxylation is 1. The van der Waals surface area contributed by atoms with E-state index in [1.807, 2.05) is 24.3 Å². The van der Waals surface area contributed by atoms with Crippen molar-refractivity contribution in [1.29, 1.82) is 0 Å². The molecule has 1 aliphatic heterocycles. The summed E-state index contributed by atoms with van der Waals surface area (Å²) in [5.74, 6) is -0.147. The van der Waals surface area contributed by atoms with Gasteiger partial charge in [-0.25, -0.2) is 4.79 Å². The van der Waals surface area contributed by atoms with Crippen molar-refractivity contribution in [2.24, 2.45) is 5.92 Å². The van der Waals surface area contributed by atoms with Crippen LogP contribution in [0.4, 0.5) is 10.5 Å². The summed E-state index contributed by atoms with van der Waals surface area (Å²) in [5, 5.41) is 5.61. The lowest BCUT2D eigenvalue weighted by molar-refractivity contribution is -0.121. The molecule has 0 radical (unpaired) electrons. The lowest BCUT2D eigenvalue weighted by Crippen LogP contribution is -2.45. The zero-order valence-electron chi connectivity index (χ0n) is 15.7. The summed E-state index contributed by atoms with van der Waals surface area (Å²) in [6.07, 6.45) is 2.28. The van der Waals surface area contributed by atoms with Gasteiger partial charge in [0.1, 0.15) is 0 Å². The van der Waals surface area contributed by atoms with E-state index in [0.29, 0.717) is 38.8 Å². The molecule has 2 rings (SSSR count). The van der Waals surface area contributed by atoms with Crippen LogP contribution in [0.2, 0.25) is 0 Å². The number of nitrogens with zero attached hydrogens (tertiary/aromatic N) is 2. The Labute approximate surface area is 154 Å². The van der Waals surface area contributed by atoms with Crippen LogP contribution in [0, 0.1) is 5.92 Å². The second-order valence-electron chi connectivity index (χ2n) is 6.76. The van der Waals surface area contributed by atoms with E-state index in [0.717, 1.165) is 11.3 Å². The van der Waals surface area contributed by atoms with E-state index in [4.69, 9.17) is 0 Å². The molecule has 1 aromatic rings. The van der Waals surface area contributed by atoms with Gasteiger partial charge in [0.2, 0.25) is 11.8 Å². The molecule has 0 unspecified atom stereocenters. The molecule has 0 aliphatic carbocycles. The van der Waals surface area contributed by atoms with Crippen LogP contribution in [0.1, 0.15) is 24.8 Å². The van der Waals surface area contributed by atoms with Crippen LogP contribution in [0.5, 0.6) is 0 Å². The molecule has 1 aliphatic rings. The minimum atomic E-state index is -0.104. The Morgan fingerprint density at radius 1 is 1.15 bits per heavy atom. The molecule has 0 aromatic heterocycles. The average Bonchev–Trinajstić information content (AvgIpc) is 2.66. The number of carbonyl (C=O) groups excluding carboxylic acids is 3. The predicted molar refractivity (Wildman–Crippen MR) is 101 cm³/mol. The zero-order valence-corrected chi connectivity index (χ0v) is 15.7. The molecule has 0 saturated carbocycles. The molecule has 1 fully saturated rings. The quantitative estimate of drug-likeness (QED) is 0.838. The number of para-hydroxylation sites is 1. The molecule has 4 amide bonds. The van der Waals surface area contributed by atoms with Gasteiger partial charge in [0, 0.05) is 52.3 Å². The Balaban J connectivity index is 1.92. The molecule has 26 heavy (non-hydrogen) atoms. The van der Waals surface area contributed by atoms with Crippen molar-refractivity contribution in [2.75, 3.05) is 39.5 Å². The number of urea groups is 1. The second kappa shape index (κ2) is 9.22. The fraction of sp³-hybridized carbons (Fsp3) is 0.526. The van der Waals surface area contributed by atoms with Crippen LogP contribution in [0.3, 0.4) is 0 Å². The highest BCUT2D eigenvalue weighted by molar-refractivity contribution is 5.93. The summed E-state index contributed by atoms with van der Waals surface area (Å²) in [6, 6.07) is 7.55. The zero-order chi connectivity index (χ0) is 19.1. The molecule has 7 nitrogen and oxygen atoms in total. The van der Waals surface area contributed by atoms with Crippen molar-refractivity contribution in [2.45, 2.75) is 25.7 Å². The number of anilines is 1. The van der Waals surface area contributed by atoms with Crippen molar-refractivity contribution in [3.8, 4) is 0 Å². The third-order valence-corrected chi connectivity index (χ3v) is 4.69. The molecule has 0 spiro atoms. The lowest BCUT2D eigenvalue weighted by atomic mass is 9.95. The Hall–Kier alpha value is -2.57. The number of piperidine rings is 1. The first kappa shape index (κ1) is 19.8.